The minimum absolute atomic E-state index is 0.0186. The number of nitrogens with zero attached hydrogens (tertiary/aromatic N) is 1. The van der Waals surface area contributed by atoms with Crippen molar-refractivity contribution in [1.82, 2.24) is 4.90 Å². The fourth-order valence-corrected chi connectivity index (χ4v) is 4.15. The molecule has 0 saturated heterocycles. The lowest BCUT2D eigenvalue weighted by Gasteiger charge is -2.39. The summed E-state index contributed by atoms with van der Waals surface area (Å²) in [5.41, 5.74) is 2.80. The fourth-order valence-electron chi connectivity index (χ4n) is 3.44. The molecule has 3 nitrogen and oxygen atoms in total. The van der Waals surface area contributed by atoms with Gasteiger partial charge in [-0.25, -0.2) is 4.39 Å². The number of aldehydes is 1. The van der Waals surface area contributed by atoms with Gasteiger partial charge in [-0.1, -0.05) is 41.5 Å². The van der Waals surface area contributed by atoms with Crippen molar-refractivity contribution in [3.8, 4) is 0 Å². The first-order valence-corrected chi connectivity index (χ1v) is 8.98. The van der Waals surface area contributed by atoms with Crippen molar-refractivity contribution in [2.45, 2.75) is 13.3 Å². The molecule has 1 heterocycles. The zero-order chi connectivity index (χ0) is 18.3. The molecule has 25 heavy (non-hydrogen) atoms. The first-order chi connectivity index (χ1) is 11.9. The number of hydrogen-bond acceptors (Lipinski definition) is 2. The van der Waals surface area contributed by atoms with Crippen molar-refractivity contribution in [2.24, 2.45) is 11.8 Å². The molecule has 0 fully saturated rings. The molecule has 1 aromatic carbocycles. The summed E-state index contributed by atoms with van der Waals surface area (Å²) in [6.07, 6.45) is 6.55. The van der Waals surface area contributed by atoms with Gasteiger partial charge in [0.15, 0.2) is 5.82 Å². The number of carbonyl (C=O) groups is 2. The molecule has 6 heteroatoms. The summed E-state index contributed by atoms with van der Waals surface area (Å²) in [6, 6.07) is 3.31. The van der Waals surface area contributed by atoms with Crippen molar-refractivity contribution < 1.29 is 14.0 Å². The Morgan fingerprint density at radius 2 is 2.08 bits per heavy atom. The van der Waals surface area contributed by atoms with Crippen LogP contribution in [0.3, 0.4) is 0 Å². The lowest BCUT2D eigenvalue weighted by molar-refractivity contribution is -0.132. The van der Waals surface area contributed by atoms with Crippen LogP contribution in [0.1, 0.15) is 18.9 Å². The quantitative estimate of drug-likeness (QED) is 0.518. The molecule has 0 bridgehead atoms. The standard InChI is InChI=1S/C19H16BrClFNO2/c1-10-3-4-11-13(9-10)16(15(7-8-24)23(2)19(11)25)12-5-6-14(20)18(22)17(12)21/h3-6,8-9,11,13H,7H2,1-2H3. The number of rotatable bonds is 3. The zero-order valence-corrected chi connectivity index (χ0v) is 16.1. The van der Waals surface area contributed by atoms with E-state index < -0.39 is 5.82 Å². The Balaban J connectivity index is 2.30. The highest BCUT2D eigenvalue weighted by Crippen LogP contribution is 2.45. The maximum absolute atomic E-state index is 14.4. The Labute approximate surface area is 159 Å². The summed E-state index contributed by atoms with van der Waals surface area (Å²) in [5, 5.41) is -0.0186. The van der Waals surface area contributed by atoms with Crippen LogP contribution in [0, 0.1) is 17.7 Å². The molecule has 0 radical (unpaired) electrons. The van der Waals surface area contributed by atoms with Gasteiger partial charge in [0.1, 0.15) is 6.29 Å². The lowest BCUT2D eigenvalue weighted by atomic mass is 9.74. The highest BCUT2D eigenvalue weighted by Gasteiger charge is 2.40. The molecular formula is C19H16BrClFNO2. The fraction of sp³-hybridized carbons (Fsp3) is 0.263. The van der Waals surface area contributed by atoms with E-state index in [4.69, 9.17) is 11.6 Å². The van der Waals surface area contributed by atoms with Crippen molar-refractivity contribution in [2.75, 3.05) is 7.05 Å². The van der Waals surface area contributed by atoms with Crippen LogP contribution in [0.5, 0.6) is 0 Å². The maximum atomic E-state index is 14.4. The Bertz CT molecular complexity index is 859. The highest BCUT2D eigenvalue weighted by atomic mass is 79.9. The number of halogens is 3. The van der Waals surface area contributed by atoms with Gasteiger partial charge in [0.2, 0.25) is 5.91 Å². The summed E-state index contributed by atoms with van der Waals surface area (Å²) in [7, 11) is 1.64. The zero-order valence-electron chi connectivity index (χ0n) is 13.7. The largest absolute Gasteiger partial charge is 0.318 e. The third-order valence-corrected chi connectivity index (χ3v) is 5.64. The summed E-state index contributed by atoms with van der Waals surface area (Å²) < 4.78 is 14.6. The van der Waals surface area contributed by atoms with Crippen LogP contribution in [0.2, 0.25) is 5.02 Å². The molecule has 0 aromatic heterocycles. The van der Waals surface area contributed by atoms with E-state index in [0.717, 1.165) is 17.4 Å². The minimum Gasteiger partial charge on any atom is -0.318 e. The van der Waals surface area contributed by atoms with Gasteiger partial charge >= 0.3 is 0 Å². The minimum atomic E-state index is -0.555. The number of hydrogen-bond donors (Lipinski definition) is 0. The van der Waals surface area contributed by atoms with Gasteiger partial charge < -0.3 is 9.69 Å². The van der Waals surface area contributed by atoms with E-state index in [2.05, 4.69) is 15.9 Å². The van der Waals surface area contributed by atoms with E-state index >= 15 is 0 Å². The van der Waals surface area contributed by atoms with Crippen molar-refractivity contribution >= 4 is 45.3 Å². The van der Waals surface area contributed by atoms with Crippen molar-refractivity contribution in [3.05, 3.63) is 62.5 Å². The first kappa shape index (κ1) is 18.1. The van der Waals surface area contributed by atoms with E-state index in [1.54, 1.807) is 19.2 Å². The highest BCUT2D eigenvalue weighted by molar-refractivity contribution is 9.10. The van der Waals surface area contributed by atoms with Gasteiger partial charge in [-0.05, 0) is 34.5 Å². The third-order valence-electron chi connectivity index (χ3n) is 4.66. The van der Waals surface area contributed by atoms with E-state index in [-0.39, 0.29) is 33.7 Å². The van der Waals surface area contributed by atoms with Gasteiger partial charge in [-0.3, -0.25) is 4.79 Å². The van der Waals surface area contributed by atoms with Crippen LogP contribution >= 0.6 is 27.5 Å². The Morgan fingerprint density at radius 1 is 1.36 bits per heavy atom. The second-order valence-electron chi connectivity index (χ2n) is 6.17. The van der Waals surface area contributed by atoms with E-state index in [1.165, 1.54) is 4.90 Å². The van der Waals surface area contributed by atoms with Gasteiger partial charge in [0.05, 0.1) is 15.4 Å². The van der Waals surface area contributed by atoms with Gasteiger partial charge in [-0.15, -0.1) is 0 Å². The molecule has 0 N–H and O–H groups in total. The monoisotopic (exact) mass is 423 g/mol. The lowest BCUT2D eigenvalue weighted by Crippen LogP contribution is -2.41. The molecule has 2 atom stereocenters. The second kappa shape index (κ2) is 6.89. The van der Waals surface area contributed by atoms with E-state index in [1.807, 2.05) is 25.2 Å². The van der Waals surface area contributed by atoms with E-state index in [9.17, 15) is 14.0 Å². The smallest absolute Gasteiger partial charge is 0.234 e. The average molecular weight is 425 g/mol. The molecule has 2 aliphatic rings. The summed E-state index contributed by atoms with van der Waals surface area (Å²) in [5.74, 6) is -1.30. The number of allylic oxidation sites excluding steroid dienone is 5. The molecule has 1 aromatic rings. The third kappa shape index (κ3) is 3.00. The number of fused-ring (bicyclic) bond motifs is 1. The van der Waals surface area contributed by atoms with Crippen LogP contribution in [-0.4, -0.2) is 24.1 Å². The van der Waals surface area contributed by atoms with Crippen molar-refractivity contribution in [1.29, 1.82) is 0 Å². The maximum Gasteiger partial charge on any atom is 0.234 e. The molecule has 2 unspecified atom stereocenters. The van der Waals surface area contributed by atoms with Crippen LogP contribution in [0.4, 0.5) is 4.39 Å². The SMILES string of the molecule is CC1=CC2C(c3ccc(Br)c(F)c3Cl)=C(CC=O)N(C)C(=O)C2C=C1. The summed E-state index contributed by atoms with van der Waals surface area (Å²) in [6.45, 7) is 1.94. The molecule has 1 aliphatic heterocycles. The van der Waals surface area contributed by atoms with Gasteiger partial charge in [0.25, 0.3) is 0 Å². The molecule has 130 valence electrons. The summed E-state index contributed by atoms with van der Waals surface area (Å²) >= 11 is 9.41. The molecule has 3 rings (SSSR count). The predicted octanol–water partition coefficient (Wildman–Crippen LogP) is 4.76. The van der Waals surface area contributed by atoms with E-state index in [0.29, 0.717) is 11.3 Å². The van der Waals surface area contributed by atoms with Gasteiger partial charge in [0, 0.05) is 30.6 Å². The molecular weight excluding hydrogens is 409 g/mol. The van der Waals surface area contributed by atoms with Crippen LogP contribution in [0.15, 0.2) is 46.1 Å². The van der Waals surface area contributed by atoms with Crippen LogP contribution < -0.4 is 0 Å². The average Bonchev–Trinajstić information content (AvgIpc) is 2.59. The number of amides is 1. The van der Waals surface area contributed by atoms with Gasteiger partial charge in [-0.2, -0.15) is 0 Å². The van der Waals surface area contributed by atoms with Crippen LogP contribution in [-0.2, 0) is 9.59 Å². The predicted molar refractivity (Wildman–Crippen MR) is 99.4 cm³/mol. The molecule has 1 amide bonds. The van der Waals surface area contributed by atoms with Crippen LogP contribution in [0.25, 0.3) is 5.57 Å². The van der Waals surface area contributed by atoms with Crippen molar-refractivity contribution in [3.63, 3.8) is 0 Å². The Morgan fingerprint density at radius 3 is 2.76 bits per heavy atom. The number of benzene rings is 1. The second-order valence-corrected chi connectivity index (χ2v) is 7.40. The molecule has 0 saturated carbocycles. The topological polar surface area (TPSA) is 37.4 Å². The normalized spacial score (nSPS) is 22.8. The Kier molecular flexibility index (Phi) is 4.98. The summed E-state index contributed by atoms with van der Waals surface area (Å²) in [4.78, 5) is 25.4. The number of carbonyl (C=O) groups excluding carboxylic acids is 2. The molecule has 1 aliphatic carbocycles. The molecule has 0 spiro atoms. The first-order valence-electron chi connectivity index (χ1n) is 7.81. The Hall–Kier alpha value is -1.72.